The van der Waals surface area contributed by atoms with Gasteiger partial charge < -0.3 is 14.5 Å². The molecule has 1 aromatic rings. The van der Waals surface area contributed by atoms with E-state index in [9.17, 15) is 4.79 Å². The third-order valence-corrected chi connectivity index (χ3v) is 4.89. The van der Waals surface area contributed by atoms with E-state index < -0.39 is 0 Å². The maximum absolute atomic E-state index is 12.6. The van der Waals surface area contributed by atoms with Gasteiger partial charge in [-0.15, -0.1) is 0 Å². The minimum atomic E-state index is 0.0340. The normalized spacial score (nSPS) is 23.3. The first-order valence-corrected chi connectivity index (χ1v) is 8.73. The first-order valence-electron chi connectivity index (χ1n) is 8.73. The fourth-order valence-electron chi connectivity index (χ4n) is 3.44. The molecule has 0 N–H and O–H groups in total. The first-order chi connectivity index (χ1) is 11.1. The highest BCUT2D eigenvalue weighted by Crippen LogP contribution is 2.27. The molecule has 3 heterocycles. The van der Waals surface area contributed by atoms with Crippen LogP contribution in [-0.2, 0) is 4.74 Å². The standard InChI is InChI=1S/C18H27N3O2/c1-14(2)21-8-4-5-15(13-21)16-6-3-7-17(19-16)18(22)20-9-11-23-12-10-20/h3,6-7,14-15H,4-5,8-13H2,1-2H3/t15-/m1/s1. The lowest BCUT2D eigenvalue weighted by atomic mass is 9.93. The molecule has 2 aliphatic heterocycles. The highest BCUT2D eigenvalue weighted by molar-refractivity contribution is 5.92. The molecule has 0 bridgehead atoms. The summed E-state index contributed by atoms with van der Waals surface area (Å²) < 4.78 is 5.32. The van der Waals surface area contributed by atoms with E-state index in [0.717, 1.165) is 18.7 Å². The van der Waals surface area contributed by atoms with Crippen molar-refractivity contribution >= 4 is 5.91 Å². The lowest BCUT2D eigenvalue weighted by Gasteiger charge is -2.35. The summed E-state index contributed by atoms with van der Waals surface area (Å²) in [7, 11) is 0. The molecular formula is C18H27N3O2. The predicted octanol–water partition coefficient (Wildman–Crippen LogP) is 2.14. The van der Waals surface area contributed by atoms with Gasteiger partial charge in [-0.25, -0.2) is 4.98 Å². The Kier molecular flexibility index (Phi) is 5.28. The third kappa shape index (κ3) is 3.90. The predicted molar refractivity (Wildman–Crippen MR) is 89.6 cm³/mol. The number of aromatic nitrogens is 1. The van der Waals surface area contributed by atoms with E-state index in [2.05, 4.69) is 24.8 Å². The molecular weight excluding hydrogens is 290 g/mol. The van der Waals surface area contributed by atoms with Crippen LogP contribution in [0.4, 0.5) is 0 Å². The number of rotatable bonds is 3. The van der Waals surface area contributed by atoms with Crippen LogP contribution in [0.5, 0.6) is 0 Å². The summed E-state index contributed by atoms with van der Waals surface area (Å²) in [5, 5.41) is 0. The molecule has 0 aromatic carbocycles. The summed E-state index contributed by atoms with van der Waals surface area (Å²) in [6, 6.07) is 6.45. The van der Waals surface area contributed by atoms with Gasteiger partial charge >= 0.3 is 0 Å². The van der Waals surface area contributed by atoms with Crippen molar-refractivity contribution in [3.8, 4) is 0 Å². The molecule has 0 spiro atoms. The Bertz CT molecular complexity index is 541. The average Bonchev–Trinajstić information content (AvgIpc) is 2.62. The van der Waals surface area contributed by atoms with Crippen molar-refractivity contribution in [1.29, 1.82) is 0 Å². The Morgan fingerprint density at radius 2 is 2.04 bits per heavy atom. The second-order valence-electron chi connectivity index (χ2n) is 6.78. The number of morpholine rings is 1. The number of nitrogens with zero attached hydrogens (tertiary/aromatic N) is 3. The van der Waals surface area contributed by atoms with Gasteiger partial charge in [0, 0.05) is 37.3 Å². The van der Waals surface area contributed by atoms with Crippen LogP contribution in [0, 0.1) is 0 Å². The van der Waals surface area contributed by atoms with Crippen LogP contribution < -0.4 is 0 Å². The molecule has 126 valence electrons. The molecule has 2 saturated heterocycles. The first kappa shape index (κ1) is 16.4. The van der Waals surface area contributed by atoms with Crippen molar-refractivity contribution in [2.75, 3.05) is 39.4 Å². The van der Waals surface area contributed by atoms with Gasteiger partial charge in [0.05, 0.1) is 13.2 Å². The van der Waals surface area contributed by atoms with E-state index in [4.69, 9.17) is 9.72 Å². The molecule has 1 aromatic heterocycles. The Morgan fingerprint density at radius 3 is 2.78 bits per heavy atom. The SMILES string of the molecule is CC(C)N1CCC[C@@H](c2cccc(C(=O)N3CCOCC3)n2)C1. The Morgan fingerprint density at radius 1 is 1.26 bits per heavy atom. The fraction of sp³-hybridized carbons (Fsp3) is 0.667. The summed E-state index contributed by atoms with van der Waals surface area (Å²) in [6.07, 6.45) is 2.36. The maximum atomic E-state index is 12.6. The van der Waals surface area contributed by atoms with Crippen LogP contribution in [0.25, 0.3) is 0 Å². The van der Waals surface area contributed by atoms with Crippen molar-refractivity contribution < 1.29 is 9.53 Å². The molecule has 0 radical (unpaired) electrons. The molecule has 5 nitrogen and oxygen atoms in total. The van der Waals surface area contributed by atoms with Gasteiger partial charge in [0.1, 0.15) is 5.69 Å². The minimum absolute atomic E-state index is 0.0340. The fourth-order valence-corrected chi connectivity index (χ4v) is 3.44. The molecule has 3 rings (SSSR count). The second kappa shape index (κ2) is 7.41. The van der Waals surface area contributed by atoms with Gasteiger partial charge in [0.15, 0.2) is 0 Å². The quantitative estimate of drug-likeness (QED) is 0.857. The van der Waals surface area contributed by atoms with E-state index in [1.165, 1.54) is 13.0 Å². The van der Waals surface area contributed by atoms with Crippen molar-refractivity contribution in [2.24, 2.45) is 0 Å². The number of carbonyl (C=O) groups is 1. The van der Waals surface area contributed by atoms with Crippen LogP contribution in [-0.4, -0.2) is 66.1 Å². The molecule has 2 aliphatic rings. The van der Waals surface area contributed by atoms with Gasteiger partial charge in [-0.2, -0.15) is 0 Å². The second-order valence-corrected chi connectivity index (χ2v) is 6.78. The lowest BCUT2D eigenvalue weighted by Crippen LogP contribution is -2.41. The van der Waals surface area contributed by atoms with Gasteiger partial charge in [0.2, 0.25) is 0 Å². The molecule has 1 atom stereocenters. The van der Waals surface area contributed by atoms with Gasteiger partial charge in [-0.05, 0) is 45.4 Å². The molecule has 1 amide bonds. The van der Waals surface area contributed by atoms with E-state index in [-0.39, 0.29) is 5.91 Å². The highest BCUT2D eigenvalue weighted by Gasteiger charge is 2.25. The zero-order chi connectivity index (χ0) is 16.2. The van der Waals surface area contributed by atoms with E-state index >= 15 is 0 Å². The van der Waals surface area contributed by atoms with E-state index in [1.54, 1.807) is 0 Å². The van der Waals surface area contributed by atoms with E-state index in [1.807, 2.05) is 17.0 Å². The largest absolute Gasteiger partial charge is 0.378 e. The number of amides is 1. The van der Waals surface area contributed by atoms with Gasteiger partial charge in [-0.1, -0.05) is 6.07 Å². The number of hydrogen-bond donors (Lipinski definition) is 0. The number of piperidine rings is 1. The van der Waals surface area contributed by atoms with Crippen molar-refractivity contribution in [3.63, 3.8) is 0 Å². The molecule has 23 heavy (non-hydrogen) atoms. The summed E-state index contributed by atoms with van der Waals surface area (Å²) in [6.45, 7) is 9.27. The van der Waals surface area contributed by atoms with Crippen molar-refractivity contribution in [2.45, 2.75) is 38.6 Å². The topological polar surface area (TPSA) is 45.7 Å². The number of ether oxygens (including phenoxy) is 1. The van der Waals surface area contributed by atoms with Crippen LogP contribution in [0.15, 0.2) is 18.2 Å². The highest BCUT2D eigenvalue weighted by atomic mass is 16.5. The summed E-state index contributed by atoms with van der Waals surface area (Å²) >= 11 is 0. The van der Waals surface area contributed by atoms with Gasteiger partial charge in [0.25, 0.3) is 5.91 Å². The molecule has 5 heteroatoms. The monoisotopic (exact) mass is 317 g/mol. The summed E-state index contributed by atoms with van der Waals surface area (Å²) in [5.74, 6) is 0.468. The Balaban J connectivity index is 1.72. The third-order valence-electron chi connectivity index (χ3n) is 4.89. The van der Waals surface area contributed by atoms with Crippen molar-refractivity contribution in [3.05, 3.63) is 29.6 Å². The minimum Gasteiger partial charge on any atom is -0.378 e. The van der Waals surface area contributed by atoms with Crippen molar-refractivity contribution in [1.82, 2.24) is 14.8 Å². The van der Waals surface area contributed by atoms with Crippen LogP contribution >= 0.6 is 0 Å². The summed E-state index contributed by atoms with van der Waals surface area (Å²) in [4.78, 5) is 21.7. The zero-order valence-electron chi connectivity index (χ0n) is 14.2. The number of pyridine rings is 1. The molecule has 2 fully saturated rings. The number of carbonyl (C=O) groups excluding carboxylic acids is 1. The summed E-state index contributed by atoms with van der Waals surface area (Å²) in [5.41, 5.74) is 1.64. The Hall–Kier alpha value is -1.46. The Labute approximate surface area is 138 Å². The maximum Gasteiger partial charge on any atom is 0.272 e. The average molecular weight is 317 g/mol. The lowest BCUT2D eigenvalue weighted by molar-refractivity contribution is 0.0298. The molecule has 0 saturated carbocycles. The zero-order valence-corrected chi connectivity index (χ0v) is 14.2. The molecule has 0 aliphatic carbocycles. The number of hydrogen-bond acceptors (Lipinski definition) is 4. The van der Waals surface area contributed by atoms with Crippen LogP contribution in [0.2, 0.25) is 0 Å². The van der Waals surface area contributed by atoms with Gasteiger partial charge in [-0.3, -0.25) is 4.79 Å². The smallest absolute Gasteiger partial charge is 0.272 e. The van der Waals surface area contributed by atoms with Crippen LogP contribution in [0.3, 0.4) is 0 Å². The number of likely N-dealkylation sites (tertiary alicyclic amines) is 1. The van der Waals surface area contributed by atoms with Crippen LogP contribution in [0.1, 0.15) is 48.8 Å². The van der Waals surface area contributed by atoms with E-state index in [0.29, 0.717) is 44.0 Å². The molecule has 0 unspecified atom stereocenters.